The second-order valence-electron chi connectivity index (χ2n) is 1.58. The summed E-state index contributed by atoms with van der Waals surface area (Å²) in [5.41, 5.74) is 0. The number of hydrogen-bond donors (Lipinski definition) is 0. The first-order chi connectivity index (χ1) is 4.89. The van der Waals surface area contributed by atoms with Crippen molar-refractivity contribution in [1.29, 1.82) is 0 Å². The molecule has 0 atom stereocenters. The zero-order valence-corrected chi connectivity index (χ0v) is 6.56. The Morgan fingerprint density at radius 1 is 1.73 bits per heavy atom. The number of esters is 1. The molecule has 1 heterocycles. The minimum Gasteiger partial charge on any atom is -0.722 e. The highest BCUT2D eigenvalue weighted by atomic mass is 32.3. The van der Waals surface area contributed by atoms with Crippen LogP contribution < -0.4 is 0 Å². The van der Waals surface area contributed by atoms with Gasteiger partial charge < -0.3 is 13.7 Å². The molecule has 11 heavy (non-hydrogen) atoms. The SMILES string of the molecule is CC1=[O+]CCO1.O=S(=O)([O-])F. The van der Waals surface area contributed by atoms with Crippen LogP contribution in [-0.2, 0) is 19.7 Å². The Kier molecular flexibility index (Phi) is 3.98. The molecule has 0 unspecified atom stereocenters. The van der Waals surface area contributed by atoms with Crippen LogP contribution in [0.4, 0.5) is 3.89 Å². The van der Waals surface area contributed by atoms with Gasteiger partial charge in [0.05, 0.1) is 6.92 Å². The van der Waals surface area contributed by atoms with Gasteiger partial charge in [0.2, 0.25) is 13.2 Å². The number of cyclic esters (lactones) is 1. The summed E-state index contributed by atoms with van der Waals surface area (Å²) >= 11 is 0. The number of carbonyl (C=O) groups excluding carboxylic acids is 1. The molecule has 66 valence electrons. The molecule has 0 aliphatic carbocycles. The molecule has 1 aliphatic rings. The monoisotopic (exact) mass is 186 g/mol. The van der Waals surface area contributed by atoms with Crippen LogP contribution in [0.2, 0.25) is 0 Å². The molecule has 5 nitrogen and oxygen atoms in total. The average Bonchev–Trinajstić information content (AvgIpc) is 2.12. The minimum absolute atomic E-state index is 0.704. The highest BCUT2D eigenvalue weighted by Gasteiger charge is 2.12. The lowest BCUT2D eigenvalue weighted by Crippen LogP contribution is -1.89. The summed E-state index contributed by atoms with van der Waals surface area (Å²) in [6.07, 6.45) is 0. The van der Waals surface area contributed by atoms with Crippen LogP contribution in [0.15, 0.2) is 0 Å². The maximum atomic E-state index is 10.1. The Morgan fingerprint density at radius 3 is 2.27 bits per heavy atom. The zero-order chi connectivity index (χ0) is 8.91. The van der Waals surface area contributed by atoms with Crippen molar-refractivity contribution >= 4 is 16.5 Å². The van der Waals surface area contributed by atoms with Crippen LogP contribution in [0.1, 0.15) is 6.92 Å². The van der Waals surface area contributed by atoms with Crippen LogP contribution in [0.25, 0.3) is 0 Å². The van der Waals surface area contributed by atoms with Crippen molar-refractivity contribution in [1.82, 2.24) is 0 Å². The van der Waals surface area contributed by atoms with E-state index in [1.165, 1.54) is 0 Å². The van der Waals surface area contributed by atoms with E-state index in [0.717, 1.165) is 13.2 Å². The first-order valence-corrected chi connectivity index (χ1v) is 3.95. The molecule has 0 bridgehead atoms. The van der Waals surface area contributed by atoms with E-state index in [1.54, 1.807) is 0 Å². The third kappa shape index (κ3) is 12.5. The summed E-state index contributed by atoms with van der Waals surface area (Å²) in [6, 6.07) is 0. The van der Waals surface area contributed by atoms with E-state index in [1.807, 2.05) is 6.92 Å². The fourth-order valence-electron chi connectivity index (χ4n) is 0.412. The lowest BCUT2D eigenvalue weighted by molar-refractivity contribution is -0.445. The standard InChI is InChI=1S/C4H7O2.FHO3S/c1-4-5-2-3-6-4;1-5(2,3)4/h2-3H2,1H3;(H,2,3,4)/q+1;/p-1. The molecule has 0 saturated carbocycles. The maximum Gasteiger partial charge on any atom is 0.481 e. The Hall–Kier alpha value is -0.690. The van der Waals surface area contributed by atoms with E-state index >= 15 is 0 Å². The van der Waals surface area contributed by atoms with E-state index in [-0.39, 0.29) is 0 Å². The lowest BCUT2D eigenvalue weighted by atomic mass is 10.8. The quantitative estimate of drug-likeness (QED) is 0.221. The molecule has 7 heteroatoms. The van der Waals surface area contributed by atoms with Crippen molar-refractivity contribution in [2.45, 2.75) is 6.92 Å². The van der Waals surface area contributed by atoms with Gasteiger partial charge in [-0.25, -0.2) is 8.42 Å². The second kappa shape index (κ2) is 4.24. The zero-order valence-electron chi connectivity index (χ0n) is 5.74. The van der Waals surface area contributed by atoms with E-state index in [9.17, 15) is 3.89 Å². The van der Waals surface area contributed by atoms with Crippen molar-refractivity contribution in [3.63, 3.8) is 0 Å². The number of ether oxygens (including phenoxy) is 1. The lowest BCUT2D eigenvalue weighted by Gasteiger charge is -1.84. The molecule has 1 aliphatic heterocycles. The second-order valence-corrected chi connectivity index (χ2v) is 2.37. The predicted octanol–water partition coefficient (Wildman–Crippen LogP) is -0.485. The van der Waals surface area contributed by atoms with Gasteiger partial charge in [0.15, 0.2) is 0 Å². The van der Waals surface area contributed by atoms with Crippen LogP contribution in [0.5, 0.6) is 0 Å². The van der Waals surface area contributed by atoms with Gasteiger partial charge in [-0.05, 0) is 0 Å². The Bertz CT molecular complexity index is 223. The van der Waals surface area contributed by atoms with Gasteiger partial charge in [-0.1, -0.05) is 0 Å². The van der Waals surface area contributed by atoms with Gasteiger partial charge in [0, 0.05) is 0 Å². The Labute approximate surface area is 63.5 Å². The van der Waals surface area contributed by atoms with Crippen molar-refractivity contribution in [2.24, 2.45) is 0 Å². The highest BCUT2D eigenvalue weighted by Crippen LogP contribution is 1.84. The molecular formula is C4H7FO5S. The average molecular weight is 186 g/mol. The molecular weight excluding hydrogens is 179 g/mol. The summed E-state index contributed by atoms with van der Waals surface area (Å²) in [5, 5.41) is 0. The minimum atomic E-state index is -5.42. The van der Waals surface area contributed by atoms with E-state index < -0.39 is 10.5 Å². The Morgan fingerprint density at radius 2 is 2.18 bits per heavy atom. The molecule has 1 rings (SSSR count). The van der Waals surface area contributed by atoms with Crippen molar-refractivity contribution in [2.75, 3.05) is 13.2 Å². The molecule has 0 saturated heterocycles. The van der Waals surface area contributed by atoms with Crippen LogP contribution in [0.3, 0.4) is 0 Å². The summed E-state index contributed by atoms with van der Waals surface area (Å²) in [6.45, 7) is 3.27. The summed E-state index contributed by atoms with van der Waals surface area (Å²) in [5.74, 6) is 0.704. The van der Waals surface area contributed by atoms with E-state index in [0.29, 0.717) is 5.97 Å². The molecule has 0 aromatic rings. The molecule has 0 spiro atoms. The number of hydrogen-bond acceptors (Lipinski definition) is 4. The summed E-state index contributed by atoms with van der Waals surface area (Å²) in [7, 11) is -5.42. The first kappa shape index (κ1) is 10.3. The predicted molar refractivity (Wildman–Crippen MR) is 32.3 cm³/mol. The number of halogens is 1. The first-order valence-electron chi connectivity index (χ1n) is 2.64. The van der Waals surface area contributed by atoms with Crippen molar-refractivity contribution in [3.8, 4) is 0 Å². The van der Waals surface area contributed by atoms with Crippen LogP contribution in [-0.4, -0.2) is 32.2 Å². The summed E-state index contributed by atoms with van der Waals surface area (Å²) in [4.78, 5) is 0. The summed E-state index contributed by atoms with van der Waals surface area (Å²) < 4.78 is 45.0. The van der Waals surface area contributed by atoms with Gasteiger partial charge in [-0.3, -0.25) is 0 Å². The third-order valence-corrected chi connectivity index (χ3v) is 0.694. The van der Waals surface area contributed by atoms with Gasteiger partial charge in [-0.15, -0.1) is 3.89 Å². The van der Waals surface area contributed by atoms with Gasteiger partial charge in [0.1, 0.15) is 0 Å². The number of rotatable bonds is 0. The topological polar surface area (TPSA) is 77.7 Å². The van der Waals surface area contributed by atoms with E-state index in [2.05, 4.69) is 0 Å². The Balaban J connectivity index is 0.000000187. The van der Waals surface area contributed by atoms with Gasteiger partial charge in [-0.2, -0.15) is 0 Å². The highest BCUT2D eigenvalue weighted by molar-refractivity contribution is 7.80. The van der Waals surface area contributed by atoms with Gasteiger partial charge in [0.25, 0.3) is 10.5 Å². The smallest absolute Gasteiger partial charge is 0.481 e. The molecule has 0 radical (unpaired) electrons. The van der Waals surface area contributed by atoms with E-state index in [4.69, 9.17) is 22.1 Å². The molecule has 0 aromatic carbocycles. The fraction of sp³-hybridized carbons (Fsp3) is 0.750. The fourth-order valence-corrected chi connectivity index (χ4v) is 0.412. The van der Waals surface area contributed by atoms with Crippen LogP contribution >= 0.6 is 0 Å². The van der Waals surface area contributed by atoms with Gasteiger partial charge >= 0.3 is 5.97 Å². The van der Waals surface area contributed by atoms with Crippen LogP contribution in [0, 0.1) is 0 Å². The molecule has 0 N–H and O–H groups in total. The normalized spacial score (nSPS) is 16.1. The molecule has 0 aromatic heterocycles. The molecule has 0 fully saturated rings. The van der Waals surface area contributed by atoms with Crippen molar-refractivity contribution in [3.05, 3.63) is 0 Å². The largest absolute Gasteiger partial charge is 0.722 e. The molecule has 0 amide bonds. The maximum absolute atomic E-state index is 10.1. The third-order valence-electron chi connectivity index (χ3n) is 0.694. The van der Waals surface area contributed by atoms with Crippen molar-refractivity contribution < 1.29 is 26.0 Å².